The maximum absolute atomic E-state index is 13.0. The third kappa shape index (κ3) is 2.84. The summed E-state index contributed by atoms with van der Waals surface area (Å²) in [6.45, 7) is 0. The molecule has 1 heterocycles. The van der Waals surface area contributed by atoms with E-state index in [0.29, 0.717) is 0 Å². The monoisotopic (exact) mass is 348 g/mol. The molecule has 0 fully saturated rings. The maximum atomic E-state index is 13.0. The van der Waals surface area contributed by atoms with Crippen molar-refractivity contribution in [3.05, 3.63) is 23.5 Å². The minimum absolute atomic E-state index is 0.116. The Labute approximate surface area is 109 Å². The van der Waals surface area contributed by atoms with Crippen molar-refractivity contribution in [1.82, 2.24) is 4.98 Å². The van der Waals surface area contributed by atoms with Gasteiger partial charge in [0.2, 0.25) is 11.6 Å². The molecule has 1 rings (SSSR count). The summed E-state index contributed by atoms with van der Waals surface area (Å²) < 4.78 is 134. The molecule has 0 amide bonds. The van der Waals surface area contributed by atoms with E-state index in [1.54, 1.807) is 0 Å². The topological polar surface area (TPSA) is 59.1 Å². The summed E-state index contributed by atoms with van der Waals surface area (Å²) in [4.78, 5) is 1.95. The molecular formula is C7HF9N2O2S. The molecule has 120 valence electrons. The minimum atomic E-state index is -6.80. The second kappa shape index (κ2) is 4.92. The van der Waals surface area contributed by atoms with Gasteiger partial charge in [-0.15, -0.1) is 0 Å². The fourth-order valence-corrected chi connectivity index (χ4v) is 1.81. The first-order valence-electron chi connectivity index (χ1n) is 4.39. The van der Waals surface area contributed by atoms with Gasteiger partial charge >= 0.3 is 21.5 Å². The SMILES string of the molecule is O=S(=O)(Nc1c(F)c(F)nc(F)c1F)C(F)(F)C(F)(F)F. The number of hydrogen-bond acceptors (Lipinski definition) is 3. The van der Waals surface area contributed by atoms with Crippen LogP contribution in [0.1, 0.15) is 0 Å². The number of nitrogens with one attached hydrogen (secondary N) is 1. The summed E-state index contributed by atoms with van der Waals surface area (Å²) in [5.74, 6) is -10.1. The van der Waals surface area contributed by atoms with Crippen molar-refractivity contribution in [2.45, 2.75) is 11.4 Å². The van der Waals surface area contributed by atoms with E-state index in [1.807, 2.05) is 4.98 Å². The fraction of sp³-hybridized carbons (Fsp3) is 0.286. The first-order chi connectivity index (χ1) is 9.22. The van der Waals surface area contributed by atoms with Gasteiger partial charge in [0, 0.05) is 0 Å². The van der Waals surface area contributed by atoms with Crippen LogP contribution in [0.2, 0.25) is 0 Å². The second-order valence-corrected chi connectivity index (χ2v) is 5.04. The van der Waals surface area contributed by atoms with Crippen LogP contribution in [0, 0.1) is 23.5 Å². The van der Waals surface area contributed by atoms with E-state index in [0.717, 1.165) is 0 Å². The van der Waals surface area contributed by atoms with Crippen LogP contribution in [0.3, 0.4) is 0 Å². The van der Waals surface area contributed by atoms with Gasteiger partial charge < -0.3 is 0 Å². The molecule has 0 unspecified atom stereocenters. The highest BCUT2D eigenvalue weighted by atomic mass is 32.2. The molecule has 1 aromatic rings. The normalized spacial score (nSPS) is 13.4. The molecular weight excluding hydrogens is 347 g/mol. The predicted octanol–water partition coefficient (Wildman–Crippen LogP) is 2.53. The molecule has 0 aliphatic carbocycles. The lowest BCUT2D eigenvalue weighted by atomic mass is 10.4. The standard InChI is InChI=1S/C7HF9N2O2S/c8-1-3(2(9)5(11)17-4(1)10)18-21(19,20)7(15,16)6(12,13)14/h(H,17,18). The largest absolute Gasteiger partial charge is 0.471 e. The van der Waals surface area contributed by atoms with E-state index >= 15 is 0 Å². The average molecular weight is 348 g/mol. The van der Waals surface area contributed by atoms with Crippen molar-refractivity contribution in [3.8, 4) is 0 Å². The quantitative estimate of drug-likeness (QED) is 0.675. The zero-order valence-corrected chi connectivity index (χ0v) is 9.89. The van der Waals surface area contributed by atoms with Crippen LogP contribution in [0.5, 0.6) is 0 Å². The highest BCUT2D eigenvalue weighted by molar-refractivity contribution is 7.93. The van der Waals surface area contributed by atoms with E-state index in [9.17, 15) is 47.9 Å². The third-order valence-electron chi connectivity index (χ3n) is 1.90. The van der Waals surface area contributed by atoms with E-state index in [2.05, 4.69) is 0 Å². The first kappa shape index (κ1) is 17.3. The molecule has 0 saturated heterocycles. The van der Waals surface area contributed by atoms with Gasteiger partial charge in [-0.3, -0.25) is 4.72 Å². The highest BCUT2D eigenvalue weighted by Gasteiger charge is 2.67. The Bertz CT molecular complexity index is 643. The average Bonchev–Trinajstić information content (AvgIpc) is 2.30. The van der Waals surface area contributed by atoms with Crippen LogP contribution < -0.4 is 4.72 Å². The van der Waals surface area contributed by atoms with Gasteiger partial charge in [0.25, 0.3) is 11.9 Å². The Morgan fingerprint density at radius 3 is 1.57 bits per heavy atom. The minimum Gasteiger partial charge on any atom is -0.272 e. The van der Waals surface area contributed by atoms with Crippen molar-refractivity contribution in [2.75, 3.05) is 4.72 Å². The number of hydrogen-bond donors (Lipinski definition) is 1. The molecule has 0 bridgehead atoms. The van der Waals surface area contributed by atoms with Gasteiger partial charge in [-0.05, 0) is 0 Å². The number of pyridine rings is 1. The number of alkyl halides is 5. The van der Waals surface area contributed by atoms with Crippen LogP contribution in [-0.4, -0.2) is 24.8 Å². The van der Waals surface area contributed by atoms with Crippen LogP contribution in [0.15, 0.2) is 0 Å². The summed E-state index contributed by atoms with van der Waals surface area (Å²) in [5, 5.41) is -6.48. The van der Waals surface area contributed by atoms with Crippen LogP contribution >= 0.6 is 0 Å². The highest BCUT2D eigenvalue weighted by Crippen LogP contribution is 2.41. The molecule has 0 spiro atoms. The molecule has 21 heavy (non-hydrogen) atoms. The van der Waals surface area contributed by atoms with Crippen molar-refractivity contribution in [3.63, 3.8) is 0 Å². The van der Waals surface area contributed by atoms with Crippen molar-refractivity contribution in [1.29, 1.82) is 0 Å². The summed E-state index contributed by atoms with van der Waals surface area (Å²) in [6, 6.07) is 0. The third-order valence-corrected chi connectivity index (χ3v) is 3.28. The number of anilines is 1. The first-order valence-corrected chi connectivity index (χ1v) is 5.87. The van der Waals surface area contributed by atoms with Gasteiger partial charge in [0.15, 0.2) is 0 Å². The van der Waals surface area contributed by atoms with Gasteiger partial charge in [0.1, 0.15) is 5.69 Å². The summed E-state index contributed by atoms with van der Waals surface area (Å²) in [5.41, 5.74) is -2.40. The molecule has 0 aromatic carbocycles. The zero-order chi connectivity index (χ0) is 16.8. The summed E-state index contributed by atoms with van der Waals surface area (Å²) in [6.07, 6.45) is -6.64. The molecule has 0 aliphatic rings. The van der Waals surface area contributed by atoms with Crippen LogP contribution in [0.4, 0.5) is 45.2 Å². The van der Waals surface area contributed by atoms with E-state index in [-0.39, 0.29) is 4.72 Å². The lowest BCUT2D eigenvalue weighted by Crippen LogP contribution is -2.47. The van der Waals surface area contributed by atoms with E-state index < -0.39 is 50.7 Å². The number of rotatable bonds is 3. The Hall–Kier alpha value is -1.73. The Morgan fingerprint density at radius 1 is 0.857 bits per heavy atom. The number of sulfonamides is 1. The maximum Gasteiger partial charge on any atom is 0.471 e. The molecule has 1 aromatic heterocycles. The van der Waals surface area contributed by atoms with Crippen molar-refractivity contribution >= 4 is 15.7 Å². The van der Waals surface area contributed by atoms with Gasteiger partial charge in [-0.2, -0.15) is 52.9 Å². The number of nitrogens with zero attached hydrogens (tertiary/aromatic N) is 1. The molecule has 0 radical (unpaired) electrons. The molecule has 1 N–H and O–H groups in total. The number of halogens is 9. The van der Waals surface area contributed by atoms with Gasteiger partial charge in [-0.1, -0.05) is 0 Å². The molecule has 0 saturated carbocycles. The van der Waals surface area contributed by atoms with E-state index in [4.69, 9.17) is 0 Å². The molecule has 0 aliphatic heterocycles. The smallest absolute Gasteiger partial charge is 0.272 e. The fourth-order valence-electron chi connectivity index (χ4n) is 0.927. The Kier molecular flexibility index (Phi) is 4.06. The van der Waals surface area contributed by atoms with Crippen molar-refractivity contribution in [2.24, 2.45) is 0 Å². The lowest BCUT2D eigenvalue weighted by Gasteiger charge is -2.20. The van der Waals surface area contributed by atoms with Gasteiger partial charge in [0.05, 0.1) is 0 Å². The molecule has 14 heteroatoms. The van der Waals surface area contributed by atoms with Gasteiger partial charge in [-0.25, -0.2) is 0 Å². The second-order valence-electron chi connectivity index (χ2n) is 3.32. The van der Waals surface area contributed by atoms with Crippen LogP contribution in [0.25, 0.3) is 0 Å². The lowest BCUT2D eigenvalue weighted by molar-refractivity contribution is -0.241. The Balaban J connectivity index is 3.43. The van der Waals surface area contributed by atoms with E-state index in [1.165, 1.54) is 0 Å². The molecule has 4 nitrogen and oxygen atoms in total. The number of aromatic nitrogens is 1. The molecule has 0 atom stereocenters. The predicted molar refractivity (Wildman–Crippen MR) is 47.6 cm³/mol. The zero-order valence-electron chi connectivity index (χ0n) is 9.07. The summed E-state index contributed by atoms with van der Waals surface area (Å²) in [7, 11) is -6.80. The van der Waals surface area contributed by atoms with Crippen LogP contribution in [-0.2, 0) is 10.0 Å². The Morgan fingerprint density at radius 2 is 1.24 bits per heavy atom. The van der Waals surface area contributed by atoms with Crippen molar-refractivity contribution < 1.29 is 47.9 Å². The summed E-state index contributed by atoms with van der Waals surface area (Å²) >= 11 is 0.